The Morgan fingerprint density at radius 2 is 1.93 bits per heavy atom. The van der Waals surface area contributed by atoms with E-state index in [-0.39, 0.29) is 15.4 Å². The quantitative estimate of drug-likeness (QED) is 0.498. The van der Waals surface area contributed by atoms with Crippen LogP contribution in [-0.2, 0) is 10.0 Å². The second-order valence-electron chi connectivity index (χ2n) is 6.80. The fourth-order valence-electron chi connectivity index (χ4n) is 3.11. The highest BCUT2D eigenvalue weighted by atomic mass is 32.2. The second kappa shape index (κ2) is 9.55. The average molecular weight is 424 g/mol. The predicted octanol–water partition coefficient (Wildman–Crippen LogP) is 2.25. The van der Waals surface area contributed by atoms with Crippen molar-refractivity contribution in [2.75, 3.05) is 31.5 Å². The topological polar surface area (TPSA) is 104 Å². The monoisotopic (exact) mass is 423 g/mol. The molecule has 0 unspecified atom stereocenters. The minimum absolute atomic E-state index is 0.148. The number of carbonyl (C=O) groups is 1. The normalized spacial score (nSPS) is 15.5. The Kier molecular flexibility index (Phi) is 7.11. The zero-order chi connectivity index (χ0) is 20.0. The van der Waals surface area contributed by atoms with E-state index >= 15 is 0 Å². The van der Waals surface area contributed by atoms with Gasteiger partial charge in [0.2, 0.25) is 9.47 Å². The summed E-state index contributed by atoms with van der Waals surface area (Å²) in [5.74, 6) is -0.340. The highest BCUT2D eigenvalue weighted by molar-refractivity contribution is 7.91. The number of carbonyl (C=O) groups excluding carboxylic acids is 1. The molecule has 1 aromatic carbocycles. The van der Waals surface area contributed by atoms with E-state index in [9.17, 15) is 13.2 Å². The van der Waals surface area contributed by atoms with Gasteiger partial charge in [-0.2, -0.15) is 0 Å². The summed E-state index contributed by atoms with van der Waals surface area (Å²) < 4.78 is 27.2. The molecule has 2 N–H and O–H groups in total. The predicted molar refractivity (Wildman–Crippen MR) is 109 cm³/mol. The van der Waals surface area contributed by atoms with Crippen molar-refractivity contribution < 1.29 is 13.2 Å². The number of amides is 1. The fraction of sp³-hybridized carbons (Fsp3) is 0.500. The highest BCUT2D eigenvalue weighted by Crippen LogP contribution is 2.21. The first-order chi connectivity index (χ1) is 13.5. The van der Waals surface area contributed by atoms with E-state index in [1.165, 1.54) is 19.3 Å². The van der Waals surface area contributed by atoms with Crippen molar-refractivity contribution in [1.29, 1.82) is 0 Å². The SMILES string of the molecule is Cc1ccccc1C(=O)Nc1nnc(S(=O)(=O)NCCCN2CCCCC2)s1. The van der Waals surface area contributed by atoms with Crippen LogP contribution in [0.4, 0.5) is 5.13 Å². The van der Waals surface area contributed by atoms with Crippen molar-refractivity contribution in [3.8, 4) is 0 Å². The summed E-state index contributed by atoms with van der Waals surface area (Å²) in [5.41, 5.74) is 1.34. The Hall–Kier alpha value is -1.88. The van der Waals surface area contributed by atoms with Gasteiger partial charge in [-0.15, -0.1) is 10.2 Å². The van der Waals surface area contributed by atoms with Crippen LogP contribution in [0.3, 0.4) is 0 Å². The molecule has 0 spiro atoms. The molecule has 0 saturated carbocycles. The maximum absolute atomic E-state index is 12.4. The van der Waals surface area contributed by atoms with E-state index < -0.39 is 10.0 Å². The molecule has 2 heterocycles. The first-order valence-electron chi connectivity index (χ1n) is 9.38. The minimum atomic E-state index is -3.73. The maximum atomic E-state index is 12.4. The van der Waals surface area contributed by atoms with Crippen LogP contribution in [-0.4, -0.2) is 55.6 Å². The molecule has 152 valence electrons. The Bertz CT molecular complexity index is 907. The molecule has 0 radical (unpaired) electrons. The molecule has 0 bridgehead atoms. The van der Waals surface area contributed by atoms with Gasteiger partial charge in [-0.1, -0.05) is 36.0 Å². The molecule has 2 aromatic rings. The lowest BCUT2D eigenvalue weighted by atomic mass is 10.1. The van der Waals surface area contributed by atoms with Crippen molar-refractivity contribution in [2.24, 2.45) is 0 Å². The van der Waals surface area contributed by atoms with Gasteiger partial charge >= 0.3 is 0 Å². The molecule has 10 heteroatoms. The third-order valence-corrected chi connectivity index (χ3v) is 7.31. The number of aryl methyl sites for hydroxylation is 1. The fourth-order valence-corrected chi connectivity index (χ4v) is 5.12. The first kappa shape index (κ1) is 20.8. The van der Waals surface area contributed by atoms with E-state index in [4.69, 9.17) is 0 Å². The summed E-state index contributed by atoms with van der Waals surface area (Å²) in [6, 6.07) is 7.15. The molecular weight excluding hydrogens is 398 g/mol. The Morgan fingerprint density at radius 3 is 2.68 bits per heavy atom. The third-order valence-electron chi connectivity index (χ3n) is 4.64. The molecule has 1 aliphatic rings. The Labute approximate surface area is 169 Å². The maximum Gasteiger partial charge on any atom is 0.269 e. The van der Waals surface area contributed by atoms with Gasteiger partial charge < -0.3 is 4.90 Å². The summed E-state index contributed by atoms with van der Waals surface area (Å²) in [4.78, 5) is 14.7. The number of piperidine rings is 1. The van der Waals surface area contributed by atoms with Gasteiger partial charge in [-0.3, -0.25) is 10.1 Å². The smallest absolute Gasteiger partial charge is 0.269 e. The molecule has 1 saturated heterocycles. The largest absolute Gasteiger partial charge is 0.303 e. The number of rotatable bonds is 8. The van der Waals surface area contributed by atoms with Gasteiger partial charge in [0.15, 0.2) is 0 Å². The lowest BCUT2D eigenvalue weighted by Gasteiger charge is -2.26. The van der Waals surface area contributed by atoms with Gasteiger partial charge in [-0.05, 0) is 57.5 Å². The molecule has 3 rings (SSSR count). The lowest BCUT2D eigenvalue weighted by molar-refractivity contribution is 0.102. The summed E-state index contributed by atoms with van der Waals surface area (Å²) in [6.07, 6.45) is 4.46. The van der Waals surface area contributed by atoms with Crippen molar-refractivity contribution in [1.82, 2.24) is 19.8 Å². The van der Waals surface area contributed by atoms with E-state index in [2.05, 4.69) is 25.1 Å². The molecule has 1 fully saturated rings. The summed E-state index contributed by atoms with van der Waals surface area (Å²) in [7, 11) is -3.73. The van der Waals surface area contributed by atoms with Crippen molar-refractivity contribution in [2.45, 2.75) is 36.9 Å². The molecule has 1 amide bonds. The molecule has 1 aromatic heterocycles. The highest BCUT2D eigenvalue weighted by Gasteiger charge is 2.21. The minimum Gasteiger partial charge on any atom is -0.303 e. The van der Waals surface area contributed by atoms with E-state index in [0.717, 1.165) is 43.0 Å². The van der Waals surface area contributed by atoms with Crippen LogP contribution in [0.15, 0.2) is 28.6 Å². The van der Waals surface area contributed by atoms with E-state index in [0.29, 0.717) is 12.1 Å². The molecule has 0 aliphatic carbocycles. The van der Waals surface area contributed by atoms with Gasteiger partial charge in [0.1, 0.15) is 0 Å². The van der Waals surface area contributed by atoms with Crippen LogP contribution in [0, 0.1) is 6.92 Å². The van der Waals surface area contributed by atoms with Crippen LogP contribution >= 0.6 is 11.3 Å². The Balaban J connectivity index is 1.51. The zero-order valence-corrected chi connectivity index (χ0v) is 17.5. The van der Waals surface area contributed by atoms with Crippen molar-refractivity contribution in [3.05, 3.63) is 35.4 Å². The second-order valence-corrected chi connectivity index (χ2v) is 9.71. The molecule has 0 atom stereocenters. The van der Waals surface area contributed by atoms with Crippen molar-refractivity contribution in [3.63, 3.8) is 0 Å². The molecule has 1 aliphatic heterocycles. The van der Waals surface area contributed by atoms with Crippen LogP contribution in [0.5, 0.6) is 0 Å². The van der Waals surface area contributed by atoms with Gasteiger partial charge in [0, 0.05) is 12.1 Å². The zero-order valence-electron chi connectivity index (χ0n) is 15.8. The number of nitrogens with zero attached hydrogens (tertiary/aromatic N) is 3. The Morgan fingerprint density at radius 1 is 1.18 bits per heavy atom. The standard InChI is InChI=1S/C18H25N5O3S2/c1-14-8-3-4-9-15(14)16(24)20-17-21-22-18(27-17)28(25,26)19-10-7-13-23-11-5-2-6-12-23/h3-4,8-9,19H,2,5-7,10-13H2,1H3,(H,20,21,24). The summed E-state index contributed by atoms with van der Waals surface area (Å²) >= 11 is 0.840. The van der Waals surface area contributed by atoms with Crippen LogP contribution in [0.2, 0.25) is 0 Å². The number of nitrogens with one attached hydrogen (secondary N) is 2. The van der Waals surface area contributed by atoms with Crippen LogP contribution < -0.4 is 10.0 Å². The van der Waals surface area contributed by atoms with Gasteiger partial charge in [0.25, 0.3) is 15.9 Å². The van der Waals surface area contributed by atoms with E-state index in [1.54, 1.807) is 12.1 Å². The average Bonchev–Trinajstić information content (AvgIpc) is 3.16. The molecular formula is C18H25N5O3S2. The third kappa shape index (κ3) is 5.57. The number of sulfonamides is 1. The van der Waals surface area contributed by atoms with Crippen molar-refractivity contribution >= 4 is 32.4 Å². The number of aromatic nitrogens is 2. The lowest BCUT2D eigenvalue weighted by Crippen LogP contribution is -2.33. The summed E-state index contributed by atoms with van der Waals surface area (Å²) in [5, 5.41) is 10.3. The number of likely N-dealkylation sites (tertiary alicyclic amines) is 1. The van der Waals surface area contributed by atoms with Gasteiger partial charge in [-0.25, -0.2) is 13.1 Å². The van der Waals surface area contributed by atoms with Crippen LogP contribution in [0.1, 0.15) is 41.6 Å². The number of hydrogen-bond acceptors (Lipinski definition) is 7. The number of hydrogen-bond donors (Lipinski definition) is 2. The van der Waals surface area contributed by atoms with Gasteiger partial charge in [0.05, 0.1) is 0 Å². The number of benzene rings is 1. The molecule has 28 heavy (non-hydrogen) atoms. The number of anilines is 1. The van der Waals surface area contributed by atoms with E-state index in [1.807, 2.05) is 19.1 Å². The summed E-state index contributed by atoms with van der Waals surface area (Å²) in [6.45, 7) is 5.25. The van der Waals surface area contributed by atoms with Crippen LogP contribution in [0.25, 0.3) is 0 Å². The molecule has 8 nitrogen and oxygen atoms in total. The first-order valence-corrected chi connectivity index (χ1v) is 11.7.